The van der Waals surface area contributed by atoms with Crippen molar-refractivity contribution in [3.63, 3.8) is 0 Å². The van der Waals surface area contributed by atoms with Gasteiger partial charge in [-0.25, -0.2) is 0 Å². The van der Waals surface area contributed by atoms with E-state index in [1.54, 1.807) is 18.8 Å². The van der Waals surface area contributed by atoms with Crippen LogP contribution in [0.25, 0.3) is 0 Å². The molecule has 0 aromatic carbocycles. The summed E-state index contributed by atoms with van der Waals surface area (Å²) in [4.78, 5) is 3.94. The maximum atomic E-state index is 12.2. The summed E-state index contributed by atoms with van der Waals surface area (Å²) in [5.74, 6) is 1.37. The van der Waals surface area contributed by atoms with Crippen molar-refractivity contribution < 1.29 is 13.2 Å². The molecule has 6 nitrogen and oxygen atoms in total. The molecule has 1 aromatic rings. The zero-order valence-corrected chi connectivity index (χ0v) is 16.1. The second-order valence-corrected chi connectivity index (χ2v) is 7.08. The fourth-order valence-corrected chi connectivity index (χ4v) is 3.72. The summed E-state index contributed by atoms with van der Waals surface area (Å²) in [5.41, 5.74) is 0. The maximum absolute atomic E-state index is 12.2. The second-order valence-electron chi connectivity index (χ2n) is 6.31. The molecule has 1 aromatic heterocycles. The Morgan fingerprint density at radius 1 is 1.23 bits per heavy atom. The average molecular weight is 392 g/mol. The number of nitrogens with one attached hydrogen (secondary N) is 2. The van der Waals surface area contributed by atoms with Gasteiger partial charge in [0, 0.05) is 32.6 Å². The molecule has 1 heterocycles. The summed E-state index contributed by atoms with van der Waals surface area (Å²) in [6.07, 6.45) is 3.39. The predicted molar refractivity (Wildman–Crippen MR) is 97.7 cm³/mol. The molecule has 1 aliphatic rings. The molecule has 0 radical (unpaired) electrons. The van der Waals surface area contributed by atoms with Crippen molar-refractivity contribution in [1.29, 1.82) is 0 Å². The molecule has 0 bridgehead atoms. The molecule has 0 saturated heterocycles. The van der Waals surface area contributed by atoms with Crippen LogP contribution in [0.5, 0.6) is 0 Å². The van der Waals surface area contributed by atoms with Crippen molar-refractivity contribution in [3.05, 3.63) is 5.82 Å². The number of aromatic nitrogens is 3. The molecule has 2 rings (SSSR count). The number of guanidine groups is 1. The Morgan fingerprint density at radius 2 is 1.92 bits per heavy atom. The molecular weight excluding hydrogens is 365 g/mol. The quantitative estimate of drug-likeness (QED) is 0.308. The molecule has 0 atom stereocenters. The molecule has 2 N–H and O–H groups in total. The van der Waals surface area contributed by atoms with Crippen molar-refractivity contribution in [2.75, 3.05) is 26.4 Å². The highest BCUT2D eigenvalue weighted by atomic mass is 32.2. The van der Waals surface area contributed by atoms with Crippen LogP contribution in [0.15, 0.2) is 10.1 Å². The molecular formula is C16H27F3N6S. The lowest BCUT2D eigenvalue weighted by atomic mass is 10.2. The van der Waals surface area contributed by atoms with E-state index in [1.165, 1.54) is 25.7 Å². The van der Waals surface area contributed by atoms with E-state index in [0.717, 1.165) is 23.8 Å². The van der Waals surface area contributed by atoms with Crippen molar-refractivity contribution >= 4 is 17.7 Å². The van der Waals surface area contributed by atoms with Gasteiger partial charge in [-0.15, -0.1) is 10.2 Å². The summed E-state index contributed by atoms with van der Waals surface area (Å²) in [5, 5.41) is 15.3. The van der Waals surface area contributed by atoms with Crippen LogP contribution in [0.1, 0.15) is 50.4 Å². The lowest BCUT2D eigenvalue weighted by Crippen LogP contribution is -2.39. The van der Waals surface area contributed by atoms with Crippen LogP contribution < -0.4 is 10.6 Å². The fourth-order valence-electron chi connectivity index (χ4n) is 3.14. The van der Waals surface area contributed by atoms with Crippen LogP contribution in [-0.4, -0.2) is 53.3 Å². The van der Waals surface area contributed by atoms with Gasteiger partial charge in [0.05, 0.1) is 6.42 Å². The Labute approximate surface area is 156 Å². The molecule has 148 valence electrons. The first kappa shape index (κ1) is 20.9. The van der Waals surface area contributed by atoms with Gasteiger partial charge in [0.1, 0.15) is 5.82 Å². The van der Waals surface area contributed by atoms with Gasteiger partial charge in [0.25, 0.3) is 0 Å². The minimum absolute atomic E-state index is 0.184. The van der Waals surface area contributed by atoms with Crippen molar-refractivity contribution in [2.45, 2.75) is 62.3 Å². The minimum Gasteiger partial charge on any atom is -0.356 e. The van der Waals surface area contributed by atoms with Gasteiger partial charge in [-0.1, -0.05) is 24.6 Å². The van der Waals surface area contributed by atoms with Crippen molar-refractivity contribution in [3.8, 4) is 0 Å². The van der Waals surface area contributed by atoms with E-state index in [0.29, 0.717) is 18.5 Å². The largest absolute Gasteiger partial charge is 0.390 e. The minimum atomic E-state index is -4.16. The molecule has 1 aliphatic carbocycles. The highest BCUT2D eigenvalue weighted by molar-refractivity contribution is 7.98. The Bertz CT molecular complexity index is 581. The molecule has 0 amide bonds. The van der Waals surface area contributed by atoms with E-state index in [-0.39, 0.29) is 6.54 Å². The van der Waals surface area contributed by atoms with Crippen LogP contribution in [0.3, 0.4) is 0 Å². The molecule has 0 unspecified atom stereocenters. The monoisotopic (exact) mass is 392 g/mol. The van der Waals surface area contributed by atoms with Gasteiger partial charge in [-0.3, -0.25) is 4.99 Å². The number of hydrogen-bond acceptors (Lipinski definition) is 4. The van der Waals surface area contributed by atoms with Crippen LogP contribution in [0, 0.1) is 0 Å². The predicted octanol–water partition coefficient (Wildman–Crippen LogP) is 3.17. The lowest BCUT2D eigenvalue weighted by molar-refractivity contribution is -0.132. The van der Waals surface area contributed by atoms with E-state index in [9.17, 15) is 13.2 Å². The SMILES string of the molecule is CN=C(NCCCc1nnc(SC)n1C1CCCC1)NCCC(F)(F)F. The molecule has 0 aliphatic heterocycles. The van der Waals surface area contributed by atoms with Crippen molar-refractivity contribution in [2.24, 2.45) is 4.99 Å². The first-order valence-electron chi connectivity index (χ1n) is 8.93. The Hall–Kier alpha value is -1.45. The third-order valence-corrected chi connectivity index (χ3v) is 5.05. The Balaban J connectivity index is 1.78. The van der Waals surface area contributed by atoms with Gasteiger partial charge in [-0.2, -0.15) is 13.2 Å². The average Bonchev–Trinajstić information content (AvgIpc) is 3.24. The summed E-state index contributed by atoms with van der Waals surface area (Å²) < 4.78 is 38.8. The summed E-state index contributed by atoms with van der Waals surface area (Å²) >= 11 is 1.61. The number of nitrogens with zero attached hydrogens (tertiary/aromatic N) is 4. The Kier molecular flexibility index (Phi) is 8.05. The first-order valence-corrected chi connectivity index (χ1v) is 10.2. The smallest absolute Gasteiger partial charge is 0.356 e. The van der Waals surface area contributed by atoms with Gasteiger partial charge in [0.2, 0.25) is 0 Å². The molecule has 0 spiro atoms. The Morgan fingerprint density at radius 3 is 2.54 bits per heavy atom. The highest BCUT2D eigenvalue weighted by Crippen LogP contribution is 2.33. The van der Waals surface area contributed by atoms with E-state index >= 15 is 0 Å². The van der Waals surface area contributed by atoms with Gasteiger partial charge in [0.15, 0.2) is 11.1 Å². The van der Waals surface area contributed by atoms with E-state index in [4.69, 9.17) is 0 Å². The van der Waals surface area contributed by atoms with E-state index in [2.05, 4.69) is 30.4 Å². The van der Waals surface area contributed by atoms with Crippen LogP contribution in [0.2, 0.25) is 0 Å². The first-order chi connectivity index (χ1) is 12.4. The summed E-state index contributed by atoms with van der Waals surface area (Å²) in [7, 11) is 1.55. The molecule has 1 fully saturated rings. The molecule has 26 heavy (non-hydrogen) atoms. The zero-order chi connectivity index (χ0) is 19.0. The lowest BCUT2D eigenvalue weighted by Gasteiger charge is -2.16. The number of hydrogen-bond donors (Lipinski definition) is 2. The normalized spacial score (nSPS) is 16.3. The molecule has 1 saturated carbocycles. The number of halogens is 3. The van der Waals surface area contributed by atoms with Crippen LogP contribution in [0.4, 0.5) is 13.2 Å². The topological polar surface area (TPSA) is 67.1 Å². The van der Waals surface area contributed by atoms with E-state index < -0.39 is 12.6 Å². The number of aliphatic imine (C=N–C) groups is 1. The standard InChI is InChI=1S/C16H27F3N6S/c1-20-14(22-11-9-16(17,18)19)21-10-5-8-13-23-24-15(26-2)25(13)12-6-3-4-7-12/h12H,3-11H2,1-2H3,(H2,20,21,22). The number of aryl methyl sites for hydroxylation is 1. The molecule has 10 heteroatoms. The van der Waals surface area contributed by atoms with Crippen LogP contribution in [-0.2, 0) is 6.42 Å². The zero-order valence-electron chi connectivity index (χ0n) is 15.3. The van der Waals surface area contributed by atoms with Gasteiger partial charge in [-0.05, 0) is 25.5 Å². The van der Waals surface area contributed by atoms with Gasteiger partial charge < -0.3 is 15.2 Å². The third-order valence-electron chi connectivity index (χ3n) is 4.40. The number of alkyl halides is 3. The van der Waals surface area contributed by atoms with Crippen molar-refractivity contribution in [1.82, 2.24) is 25.4 Å². The maximum Gasteiger partial charge on any atom is 0.390 e. The summed E-state index contributed by atoms with van der Waals surface area (Å²) in [6, 6.07) is 0.493. The highest BCUT2D eigenvalue weighted by Gasteiger charge is 2.26. The second kappa shape index (κ2) is 10.0. The van der Waals surface area contributed by atoms with Gasteiger partial charge >= 0.3 is 6.18 Å². The van der Waals surface area contributed by atoms with Crippen LogP contribution >= 0.6 is 11.8 Å². The summed E-state index contributed by atoms with van der Waals surface area (Å²) in [6.45, 7) is 0.425. The number of thioether (sulfide) groups is 1. The fraction of sp³-hybridized carbons (Fsp3) is 0.812. The third kappa shape index (κ3) is 6.37. The van der Waals surface area contributed by atoms with E-state index in [1.807, 2.05) is 6.26 Å². The number of rotatable bonds is 8.